The average molecular weight is 212 g/mol. The van der Waals surface area contributed by atoms with Crippen molar-refractivity contribution in [1.29, 1.82) is 0 Å². The fraction of sp³-hybridized carbons (Fsp3) is 0.357. The molecule has 1 aliphatic carbocycles. The molecule has 0 bridgehead atoms. The molecule has 2 heteroatoms. The first-order chi connectivity index (χ1) is 7.74. The van der Waals surface area contributed by atoms with Gasteiger partial charge in [-0.05, 0) is 37.5 Å². The quantitative estimate of drug-likeness (QED) is 0.748. The maximum atomic E-state index is 4.52. The molecule has 1 aliphatic rings. The van der Waals surface area contributed by atoms with Gasteiger partial charge in [0.25, 0.3) is 0 Å². The van der Waals surface area contributed by atoms with E-state index in [0.29, 0.717) is 5.92 Å². The van der Waals surface area contributed by atoms with Crippen LogP contribution in [0.3, 0.4) is 0 Å². The minimum absolute atomic E-state index is 0.661. The molecule has 16 heavy (non-hydrogen) atoms. The molecule has 1 heterocycles. The van der Waals surface area contributed by atoms with Crippen LogP contribution in [-0.4, -0.2) is 9.78 Å². The molecule has 0 saturated carbocycles. The van der Waals surface area contributed by atoms with Crippen molar-refractivity contribution < 1.29 is 0 Å². The number of benzene rings is 1. The van der Waals surface area contributed by atoms with Gasteiger partial charge in [0, 0.05) is 18.2 Å². The van der Waals surface area contributed by atoms with Crippen LogP contribution in [-0.2, 0) is 13.0 Å². The van der Waals surface area contributed by atoms with E-state index >= 15 is 0 Å². The Bertz CT molecular complexity index is 525. The molecule has 0 aliphatic heterocycles. The Labute approximate surface area is 95.9 Å². The molecular formula is C14H16N2. The van der Waals surface area contributed by atoms with Crippen molar-refractivity contribution in [3.8, 4) is 0 Å². The summed E-state index contributed by atoms with van der Waals surface area (Å²) in [5.74, 6) is 0.661. The standard InChI is InChI=1S/C14H16N2/c1-10-7-11(2)16(15-10)9-13-8-12-5-3-4-6-14(12)13/h3-7,13H,8-9H2,1-2H3. The highest BCUT2D eigenvalue weighted by molar-refractivity contribution is 5.39. The summed E-state index contributed by atoms with van der Waals surface area (Å²) in [5.41, 5.74) is 5.40. The van der Waals surface area contributed by atoms with Crippen LogP contribution in [0.15, 0.2) is 30.3 Å². The smallest absolute Gasteiger partial charge is 0.0596 e. The van der Waals surface area contributed by atoms with E-state index in [1.165, 1.54) is 23.2 Å². The van der Waals surface area contributed by atoms with Crippen LogP contribution in [0.5, 0.6) is 0 Å². The lowest BCUT2D eigenvalue weighted by Gasteiger charge is -2.30. The van der Waals surface area contributed by atoms with Crippen molar-refractivity contribution in [3.05, 3.63) is 52.8 Å². The molecule has 2 nitrogen and oxygen atoms in total. The predicted molar refractivity (Wildman–Crippen MR) is 64.6 cm³/mol. The summed E-state index contributed by atoms with van der Waals surface area (Å²) in [4.78, 5) is 0. The zero-order valence-corrected chi connectivity index (χ0v) is 9.77. The minimum atomic E-state index is 0.661. The minimum Gasteiger partial charge on any atom is -0.269 e. The molecular weight excluding hydrogens is 196 g/mol. The van der Waals surface area contributed by atoms with Gasteiger partial charge in [-0.1, -0.05) is 24.3 Å². The van der Waals surface area contributed by atoms with E-state index in [1.807, 2.05) is 0 Å². The lowest BCUT2D eigenvalue weighted by Crippen LogP contribution is -2.22. The summed E-state index contributed by atoms with van der Waals surface area (Å²) in [6.07, 6.45) is 1.20. The maximum absolute atomic E-state index is 4.52. The van der Waals surface area contributed by atoms with Crippen molar-refractivity contribution in [2.24, 2.45) is 0 Å². The topological polar surface area (TPSA) is 17.8 Å². The van der Waals surface area contributed by atoms with Gasteiger partial charge in [0.1, 0.15) is 0 Å². The van der Waals surface area contributed by atoms with Crippen molar-refractivity contribution in [2.45, 2.75) is 32.7 Å². The normalized spacial score (nSPS) is 18.0. The molecule has 0 fully saturated rings. The first-order valence-electron chi connectivity index (χ1n) is 5.83. The van der Waals surface area contributed by atoms with E-state index in [1.54, 1.807) is 0 Å². The van der Waals surface area contributed by atoms with E-state index in [4.69, 9.17) is 0 Å². The highest BCUT2D eigenvalue weighted by Gasteiger charge is 2.26. The zero-order valence-electron chi connectivity index (χ0n) is 9.77. The fourth-order valence-electron chi connectivity index (χ4n) is 2.59. The number of rotatable bonds is 2. The summed E-state index contributed by atoms with van der Waals surface area (Å²) < 4.78 is 2.13. The Kier molecular flexibility index (Phi) is 2.10. The van der Waals surface area contributed by atoms with Gasteiger partial charge in [-0.25, -0.2) is 0 Å². The van der Waals surface area contributed by atoms with Crippen molar-refractivity contribution >= 4 is 0 Å². The van der Waals surface area contributed by atoms with Gasteiger partial charge in [0.15, 0.2) is 0 Å². The fourth-order valence-corrected chi connectivity index (χ4v) is 2.59. The molecule has 1 aromatic carbocycles. The monoisotopic (exact) mass is 212 g/mol. The van der Waals surface area contributed by atoms with Crippen molar-refractivity contribution in [3.63, 3.8) is 0 Å². The highest BCUT2D eigenvalue weighted by Crippen LogP contribution is 2.35. The molecule has 1 atom stereocenters. The molecule has 82 valence electrons. The molecule has 0 amide bonds. The first kappa shape index (κ1) is 9.64. The number of nitrogens with zero attached hydrogens (tertiary/aromatic N) is 2. The summed E-state index contributed by atoms with van der Waals surface area (Å²) in [5, 5.41) is 4.52. The van der Waals surface area contributed by atoms with E-state index in [-0.39, 0.29) is 0 Å². The van der Waals surface area contributed by atoms with Gasteiger partial charge in [-0.15, -0.1) is 0 Å². The third kappa shape index (κ3) is 1.45. The van der Waals surface area contributed by atoms with Crippen LogP contribution in [0.1, 0.15) is 28.4 Å². The van der Waals surface area contributed by atoms with E-state index in [2.05, 4.69) is 54.0 Å². The van der Waals surface area contributed by atoms with Crippen LogP contribution < -0.4 is 0 Å². The molecule has 0 radical (unpaired) electrons. The molecule has 3 rings (SSSR count). The van der Waals surface area contributed by atoms with E-state index in [9.17, 15) is 0 Å². The largest absolute Gasteiger partial charge is 0.269 e. The number of fused-ring (bicyclic) bond motifs is 1. The first-order valence-corrected chi connectivity index (χ1v) is 5.83. The van der Waals surface area contributed by atoms with Gasteiger partial charge in [-0.3, -0.25) is 4.68 Å². The summed E-state index contributed by atoms with van der Waals surface area (Å²) in [6.45, 7) is 5.21. The second kappa shape index (κ2) is 3.48. The molecule has 1 unspecified atom stereocenters. The van der Waals surface area contributed by atoms with Crippen molar-refractivity contribution in [1.82, 2.24) is 9.78 Å². The lowest BCUT2D eigenvalue weighted by molar-refractivity contribution is 0.466. The zero-order chi connectivity index (χ0) is 11.1. The van der Waals surface area contributed by atoms with Crippen LogP contribution >= 0.6 is 0 Å². The van der Waals surface area contributed by atoms with Gasteiger partial charge in [0.05, 0.1) is 5.69 Å². The Balaban J connectivity index is 1.82. The van der Waals surface area contributed by atoms with Gasteiger partial charge < -0.3 is 0 Å². The molecule has 2 aromatic rings. The van der Waals surface area contributed by atoms with E-state index < -0.39 is 0 Å². The number of aromatic nitrogens is 2. The third-order valence-electron chi connectivity index (χ3n) is 3.46. The molecule has 0 N–H and O–H groups in total. The summed E-state index contributed by atoms with van der Waals surface area (Å²) in [6, 6.07) is 10.9. The van der Waals surface area contributed by atoms with E-state index in [0.717, 1.165) is 12.2 Å². The maximum Gasteiger partial charge on any atom is 0.0596 e. The number of aryl methyl sites for hydroxylation is 2. The SMILES string of the molecule is Cc1cc(C)n(CC2Cc3ccccc32)n1. The second-order valence-electron chi connectivity index (χ2n) is 4.71. The molecule has 1 aromatic heterocycles. The summed E-state index contributed by atoms with van der Waals surface area (Å²) >= 11 is 0. The Morgan fingerprint density at radius 2 is 2.12 bits per heavy atom. The van der Waals surface area contributed by atoms with Gasteiger partial charge in [-0.2, -0.15) is 5.10 Å². The Morgan fingerprint density at radius 1 is 1.31 bits per heavy atom. The molecule has 0 spiro atoms. The van der Waals surface area contributed by atoms with Crippen LogP contribution in [0.25, 0.3) is 0 Å². The second-order valence-corrected chi connectivity index (χ2v) is 4.71. The van der Waals surface area contributed by atoms with Gasteiger partial charge in [0.2, 0.25) is 0 Å². The average Bonchev–Trinajstić information content (AvgIpc) is 2.54. The van der Waals surface area contributed by atoms with Crippen LogP contribution in [0, 0.1) is 13.8 Å². The highest BCUT2D eigenvalue weighted by atomic mass is 15.3. The Hall–Kier alpha value is -1.57. The third-order valence-corrected chi connectivity index (χ3v) is 3.46. The Morgan fingerprint density at radius 3 is 2.81 bits per heavy atom. The lowest BCUT2D eigenvalue weighted by atomic mass is 9.77. The summed E-state index contributed by atoms with van der Waals surface area (Å²) in [7, 11) is 0. The van der Waals surface area contributed by atoms with Crippen LogP contribution in [0.4, 0.5) is 0 Å². The van der Waals surface area contributed by atoms with Crippen LogP contribution in [0.2, 0.25) is 0 Å². The van der Waals surface area contributed by atoms with Gasteiger partial charge >= 0.3 is 0 Å². The van der Waals surface area contributed by atoms with Crippen molar-refractivity contribution in [2.75, 3.05) is 0 Å². The number of hydrogen-bond acceptors (Lipinski definition) is 1. The molecule has 0 saturated heterocycles. The number of hydrogen-bond donors (Lipinski definition) is 0. The predicted octanol–water partition coefficient (Wildman–Crippen LogP) is 2.84.